The lowest BCUT2D eigenvalue weighted by atomic mass is 9.92. The van der Waals surface area contributed by atoms with E-state index in [1.807, 2.05) is 48.5 Å². The first-order chi connectivity index (χ1) is 15.8. The van der Waals surface area contributed by atoms with Gasteiger partial charge in [0, 0.05) is 28.6 Å². The van der Waals surface area contributed by atoms with E-state index in [0.29, 0.717) is 5.56 Å². The van der Waals surface area contributed by atoms with Crippen molar-refractivity contribution in [2.75, 3.05) is 13.2 Å². The molecule has 0 spiro atoms. The van der Waals surface area contributed by atoms with E-state index < -0.39 is 0 Å². The maximum absolute atomic E-state index is 13.3. The van der Waals surface area contributed by atoms with Crippen molar-refractivity contribution in [1.29, 1.82) is 0 Å². The molecule has 0 saturated heterocycles. The number of para-hydroxylation sites is 1. The fraction of sp³-hybridized carbons (Fsp3) is 0.107. The van der Waals surface area contributed by atoms with Crippen molar-refractivity contribution in [3.8, 4) is 11.3 Å². The van der Waals surface area contributed by atoms with Gasteiger partial charge in [-0.25, -0.2) is 0 Å². The standard InChI is InChI=1S/C28H22N2O2/c31-16-15-30-27(21-9-3-4-10-22(21)28(30)32)25-23-11-5-6-12-24(23)29-26(25)20-14-13-18-7-1-2-8-19(18)17-20/h1-14,17,27,29,31H,15-16H2/t27-/m0/s1. The molecule has 2 N–H and O–H groups in total. The van der Waals surface area contributed by atoms with Crippen LogP contribution in [0.2, 0.25) is 0 Å². The van der Waals surface area contributed by atoms with Gasteiger partial charge in [-0.3, -0.25) is 4.79 Å². The van der Waals surface area contributed by atoms with Crippen molar-refractivity contribution in [3.05, 3.63) is 108 Å². The highest BCUT2D eigenvalue weighted by atomic mass is 16.3. The summed E-state index contributed by atoms with van der Waals surface area (Å²) in [4.78, 5) is 18.7. The number of amides is 1. The molecule has 4 aromatic carbocycles. The van der Waals surface area contributed by atoms with Crippen LogP contribution in [0.5, 0.6) is 0 Å². The summed E-state index contributed by atoms with van der Waals surface area (Å²) in [6.45, 7) is 0.207. The van der Waals surface area contributed by atoms with E-state index in [2.05, 4.69) is 47.4 Å². The summed E-state index contributed by atoms with van der Waals surface area (Å²) in [6.07, 6.45) is 0. The Balaban J connectivity index is 1.64. The van der Waals surface area contributed by atoms with Crippen molar-refractivity contribution in [1.82, 2.24) is 9.88 Å². The highest BCUT2D eigenvalue weighted by Gasteiger charge is 2.39. The second-order valence-corrected chi connectivity index (χ2v) is 8.23. The summed E-state index contributed by atoms with van der Waals surface area (Å²) in [7, 11) is 0. The van der Waals surface area contributed by atoms with E-state index in [1.165, 1.54) is 10.8 Å². The highest BCUT2D eigenvalue weighted by molar-refractivity contribution is 6.02. The minimum atomic E-state index is -0.261. The van der Waals surface area contributed by atoms with Gasteiger partial charge >= 0.3 is 0 Å². The van der Waals surface area contributed by atoms with Crippen molar-refractivity contribution in [3.63, 3.8) is 0 Å². The number of aliphatic hydroxyl groups is 1. The van der Waals surface area contributed by atoms with Crippen LogP contribution < -0.4 is 0 Å². The molecular weight excluding hydrogens is 396 g/mol. The van der Waals surface area contributed by atoms with E-state index in [4.69, 9.17) is 0 Å². The maximum atomic E-state index is 13.3. The van der Waals surface area contributed by atoms with Crippen molar-refractivity contribution in [2.24, 2.45) is 0 Å². The molecule has 1 amide bonds. The van der Waals surface area contributed by atoms with Gasteiger partial charge in [0.15, 0.2) is 0 Å². The van der Waals surface area contributed by atoms with Crippen LogP contribution in [0.4, 0.5) is 0 Å². The Morgan fingerprint density at radius 3 is 2.47 bits per heavy atom. The number of hydrogen-bond acceptors (Lipinski definition) is 2. The van der Waals surface area contributed by atoms with E-state index >= 15 is 0 Å². The molecule has 1 aliphatic heterocycles. The topological polar surface area (TPSA) is 56.3 Å². The van der Waals surface area contributed by atoms with Gasteiger partial charge < -0.3 is 15.0 Å². The SMILES string of the molecule is O=C1c2ccccc2[C@@H](c2c(-c3ccc4ccccc4c3)[nH]c3ccccc23)N1CCO. The number of aromatic amines is 1. The summed E-state index contributed by atoms with van der Waals surface area (Å²) >= 11 is 0. The number of carbonyl (C=O) groups is 1. The highest BCUT2D eigenvalue weighted by Crippen LogP contribution is 2.45. The molecule has 32 heavy (non-hydrogen) atoms. The third kappa shape index (κ3) is 2.77. The lowest BCUT2D eigenvalue weighted by molar-refractivity contribution is 0.0713. The van der Waals surface area contributed by atoms with Gasteiger partial charge in [0.1, 0.15) is 0 Å². The number of rotatable bonds is 4. The van der Waals surface area contributed by atoms with Crippen LogP contribution in [0.25, 0.3) is 32.9 Å². The quantitative estimate of drug-likeness (QED) is 0.403. The molecule has 1 aliphatic rings. The van der Waals surface area contributed by atoms with Gasteiger partial charge in [-0.2, -0.15) is 0 Å². The predicted octanol–water partition coefficient (Wildman–Crippen LogP) is 5.53. The molecule has 6 rings (SSSR count). The average Bonchev–Trinajstić information content (AvgIpc) is 3.35. The first-order valence-corrected chi connectivity index (χ1v) is 10.9. The van der Waals surface area contributed by atoms with Crippen LogP contribution in [-0.4, -0.2) is 34.0 Å². The minimum absolute atomic E-state index is 0.0330. The Morgan fingerprint density at radius 1 is 0.844 bits per heavy atom. The van der Waals surface area contributed by atoms with Gasteiger partial charge in [-0.15, -0.1) is 0 Å². The van der Waals surface area contributed by atoms with Gasteiger partial charge in [0.05, 0.1) is 18.3 Å². The molecule has 4 nitrogen and oxygen atoms in total. The molecule has 0 saturated carbocycles. The number of H-pyrrole nitrogens is 1. The Kier molecular flexibility index (Phi) is 4.33. The molecule has 5 aromatic rings. The number of aromatic nitrogens is 1. The zero-order valence-corrected chi connectivity index (χ0v) is 17.5. The second-order valence-electron chi connectivity index (χ2n) is 8.23. The molecule has 0 radical (unpaired) electrons. The Morgan fingerprint density at radius 2 is 1.59 bits per heavy atom. The number of nitrogens with one attached hydrogen (secondary N) is 1. The fourth-order valence-electron chi connectivity index (χ4n) is 5.04. The molecular formula is C28H22N2O2. The van der Waals surface area contributed by atoms with E-state index in [1.54, 1.807) is 4.90 Å². The molecule has 1 aromatic heterocycles. The minimum Gasteiger partial charge on any atom is -0.395 e. The molecule has 0 bridgehead atoms. The molecule has 2 heterocycles. The maximum Gasteiger partial charge on any atom is 0.255 e. The molecule has 0 aliphatic carbocycles. The van der Waals surface area contributed by atoms with Crippen LogP contribution in [0.15, 0.2) is 91.0 Å². The lowest BCUT2D eigenvalue weighted by Gasteiger charge is -2.26. The molecule has 4 heteroatoms. The van der Waals surface area contributed by atoms with Crippen LogP contribution in [0.1, 0.15) is 27.5 Å². The second kappa shape index (κ2) is 7.36. The number of nitrogens with zero attached hydrogens (tertiary/aromatic N) is 1. The van der Waals surface area contributed by atoms with Crippen molar-refractivity contribution in [2.45, 2.75) is 6.04 Å². The summed E-state index contributed by atoms with van der Waals surface area (Å²) in [5, 5.41) is 13.2. The Hall–Kier alpha value is -3.89. The fourth-order valence-corrected chi connectivity index (χ4v) is 5.04. The third-order valence-corrected chi connectivity index (χ3v) is 6.46. The number of carbonyl (C=O) groups excluding carboxylic acids is 1. The normalized spacial score (nSPS) is 15.6. The number of aliphatic hydroxyl groups excluding tert-OH is 1. The van der Waals surface area contributed by atoms with E-state index in [0.717, 1.165) is 33.3 Å². The molecule has 156 valence electrons. The lowest BCUT2D eigenvalue weighted by Crippen LogP contribution is -2.31. The number of hydrogen-bond donors (Lipinski definition) is 2. The largest absolute Gasteiger partial charge is 0.395 e. The summed E-state index contributed by atoms with van der Waals surface area (Å²) in [5.41, 5.74) is 5.89. The van der Waals surface area contributed by atoms with E-state index in [9.17, 15) is 9.90 Å². The first-order valence-electron chi connectivity index (χ1n) is 10.9. The van der Waals surface area contributed by atoms with Crippen molar-refractivity contribution < 1.29 is 9.90 Å². The summed E-state index contributed by atoms with van der Waals surface area (Å²) in [5.74, 6) is -0.0330. The molecule has 0 unspecified atom stereocenters. The van der Waals surface area contributed by atoms with Gasteiger partial charge in [0.2, 0.25) is 0 Å². The smallest absolute Gasteiger partial charge is 0.255 e. The monoisotopic (exact) mass is 418 g/mol. The number of β-amino-alcohol motifs (C(OH)–C–C–N with tert-alkyl or cyclic N) is 1. The zero-order chi connectivity index (χ0) is 21.7. The van der Waals surface area contributed by atoms with Crippen LogP contribution in [-0.2, 0) is 0 Å². The Labute approximate surface area is 185 Å². The summed E-state index contributed by atoms with van der Waals surface area (Å²) < 4.78 is 0. The molecule has 1 atom stereocenters. The first kappa shape index (κ1) is 18.8. The van der Waals surface area contributed by atoms with Crippen molar-refractivity contribution >= 4 is 27.6 Å². The van der Waals surface area contributed by atoms with Gasteiger partial charge in [0.25, 0.3) is 5.91 Å². The number of benzene rings is 4. The van der Waals surface area contributed by atoms with Gasteiger partial charge in [-0.1, -0.05) is 72.8 Å². The van der Waals surface area contributed by atoms with Crippen LogP contribution in [0, 0.1) is 0 Å². The Bertz CT molecular complexity index is 1480. The third-order valence-electron chi connectivity index (χ3n) is 6.46. The predicted molar refractivity (Wildman–Crippen MR) is 128 cm³/mol. The average molecular weight is 418 g/mol. The zero-order valence-electron chi connectivity index (χ0n) is 17.5. The number of fused-ring (bicyclic) bond motifs is 3. The van der Waals surface area contributed by atoms with E-state index in [-0.39, 0.29) is 25.1 Å². The molecule has 0 fully saturated rings. The summed E-state index contributed by atoms with van der Waals surface area (Å²) in [6, 6.07) is 30.5. The van der Waals surface area contributed by atoms with Crippen LogP contribution in [0.3, 0.4) is 0 Å². The van der Waals surface area contributed by atoms with Gasteiger partial charge in [-0.05, 0) is 40.1 Å². The van der Waals surface area contributed by atoms with Crippen LogP contribution >= 0.6 is 0 Å².